The molecule has 110 valence electrons. The van der Waals surface area contributed by atoms with E-state index in [2.05, 4.69) is 34.6 Å². The van der Waals surface area contributed by atoms with E-state index in [0.717, 1.165) is 23.1 Å². The number of fused-ring (bicyclic) bond motifs is 3. The minimum Gasteiger partial charge on any atom is -0.361 e. The zero-order valence-electron chi connectivity index (χ0n) is 11.0. The van der Waals surface area contributed by atoms with Crippen molar-refractivity contribution in [2.75, 3.05) is 11.9 Å². The Morgan fingerprint density at radius 3 is 2.86 bits per heavy atom. The van der Waals surface area contributed by atoms with Gasteiger partial charge in [-0.2, -0.15) is 13.2 Å². The van der Waals surface area contributed by atoms with Crippen molar-refractivity contribution >= 4 is 16.5 Å². The van der Waals surface area contributed by atoms with Gasteiger partial charge in [0.2, 0.25) is 0 Å². The maximum atomic E-state index is 12.5. The number of nitrogens with one attached hydrogen (secondary N) is 1. The zero-order chi connectivity index (χ0) is 14.6. The van der Waals surface area contributed by atoms with Gasteiger partial charge >= 0.3 is 6.18 Å². The van der Waals surface area contributed by atoms with Crippen molar-refractivity contribution in [1.29, 1.82) is 0 Å². The number of hydrogen-bond acceptors (Lipinski definition) is 3. The van der Waals surface area contributed by atoms with Gasteiger partial charge in [-0.25, -0.2) is 4.98 Å². The number of aromatic nitrogens is 1. The van der Waals surface area contributed by atoms with Crippen LogP contribution in [-0.2, 0) is 12.6 Å². The van der Waals surface area contributed by atoms with Crippen LogP contribution in [0.5, 0.6) is 0 Å². The van der Waals surface area contributed by atoms with E-state index in [-0.39, 0.29) is 0 Å². The topological polar surface area (TPSA) is 24.9 Å². The Hall–Kier alpha value is -1.56. The maximum absolute atomic E-state index is 12.5. The fourth-order valence-electron chi connectivity index (χ4n) is 3.45. The highest BCUT2D eigenvalue weighted by atomic mass is 32.1. The Balaban J connectivity index is 1.39. The van der Waals surface area contributed by atoms with Crippen LogP contribution in [0.15, 0.2) is 29.6 Å². The molecular weight excluding hydrogens is 297 g/mol. The average Bonchev–Trinajstić information content (AvgIpc) is 2.83. The molecule has 0 bridgehead atoms. The molecular formula is C15H13F3N2S. The number of alkyl halides is 3. The van der Waals surface area contributed by atoms with E-state index in [1.165, 1.54) is 11.1 Å². The molecule has 2 aliphatic carbocycles. The van der Waals surface area contributed by atoms with Crippen LogP contribution in [-0.4, -0.2) is 11.5 Å². The van der Waals surface area contributed by atoms with Crippen LogP contribution in [0.25, 0.3) is 0 Å². The molecule has 21 heavy (non-hydrogen) atoms. The lowest BCUT2D eigenvalue weighted by atomic mass is 10.0. The molecule has 0 amide bonds. The van der Waals surface area contributed by atoms with E-state index in [0.29, 0.717) is 29.4 Å². The molecule has 4 rings (SSSR count). The molecule has 0 radical (unpaired) electrons. The van der Waals surface area contributed by atoms with Crippen LogP contribution >= 0.6 is 11.3 Å². The summed E-state index contributed by atoms with van der Waals surface area (Å²) in [5, 5.41) is 4.49. The third-order valence-electron chi connectivity index (χ3n) is 4.49. The Kier molecular flexibility index (Phi) is 2.79. The van der Waals surface area contributed by atoms with Gasteiger partial charge in [0.1, 0.15) is 0 Å². The van der Waals surface area contributed by atoms with Crippen LogP contribution in [0, 0.1) is 11.8 Å². The van der Waals surface area contributed by atoms with Gasteiger partial charge in [-0.15, -0.1) is 11.3 Å². The SMILES string of the molecule is FC(F)(F)c1csc(NCC2C3Cc4ccccc4C23)n1. The van der Waals surface area contributed by atoms with Gasteiger partial charge < -0.3 is 5.32 Å². The molecule has 3 atom stereocenters. The predicted octanol–water partition coefficient (Wildman–Crippen LogP) is 4.16. The van der Waals surface area contributed by atoms with Crippen molar-refractivity contribution in [1.82, 2.24) is 4.98 Å². The average molecular weight is 310 g/mol. The fraction of sp³-hybridized carbons (Fsp3) is 0.400. The minimum absolute atomic E-state index is 0.362. The molecule has 1 N–H and O–H groups in total. The highest BCUT2D eigenvalue weighted by Crippen LogP contribution is 2.61. The first-order valence-corrected chi connectivity index (χ1v) is 7.76. The molecule has 2 nitrogen and oxygen atoms in total. The lowest BCUT2D eigenvalue weighted by molar-refractivity contribution is -0.140. The summed E-state index contributed by atoms with van der Waals surface area (Å²) < 4.78 is 37.4. The summed E-state index contributed by atoms with van der Waals surface area (Å²) in [6, 6.07) is 8.46. The summed E-state index contributed by atoms with van der Waals surface area (Å²) in [7, 11) is 0. The Morgan fingerprint density at radius 2 is 2.10 bits per heavy atom. The van der Waals surface area contributed by atoms with Crippen molar-refractivity contribution in [3.63, 3.8) is 0 Å². The molecule has 1 aromatic carbocycles. The molecule has 1 fully saturated rings. The van der Waals surface area contributed by atoms with Gasteiger partial charge in [0.25, 0.3) is 0 Å². The van der Waals surface area contributed by atoms with Crippen molar-refractivity contribution < 1.29 is 13.2 Å². The van der Waals surface area contributed by atoms with Crippen molar-refractivity contribution in [2.24, 2.45) is 11.8 Å². The smallest absolute Gasteiger partial charge is 0.361 e. The number of hydrogen-bond donors (Lipinski definition) is 1. The lowest BCUT2D eigenvalue weighted by Gasteiger charge is -2.08. The third kappa shape index (κ3) is 2.21. The highest BCUT2D eigenvalue weighted by Gasteiger charge is 2.54. The first kappa shape index (κ1) is 13.1. The molecule has 0 aliphatic heterocycles. The molecule has 1 saturated carbocycles. The largest absolute Gasteiger partial charge is 0.434 e. The zero-order valence-corrected chi connectivity index (χ0v) is 11.8. The summed E-state index contributed by atoms with van der Waals surface area (Å²) >= 11 is 1.02. The van der Waals surface area contributed by atoms with Gasteiger partial charge in [0, 0.05) is 11.9 Å². The first-order chi connectivity index (χ1) is 10.0. The highest BCUT2D eigenvalue weighted by molar-refractivity contribution is 7.13. The Morgan fingerprint density at radius 1 is 1.29 bits per heavy atom. The molecule has 1 aromatic heterocycles. The third-order valence-corrected chi connectivity index (χ3v) is 5.29. The summed E-state index contributed by atoms with van der Waals surface area (Å²) in [5.41, 5.74) is 2.04. The predicted molar refractivity (Wildman–Crippen MR) is 75.5 cm³/mol. The van der Waals surface area contributed by atoms with Gasteiger partial charge in [0.15, 0.2) is 10.8 Å². The van der Waals surface area contributed by atoms with Crippen LogP contribution in [0.4, 0.5) is 18.3 Å². The number of nitrogens with zero attached hydrogens (tertiary/aromatic N) is 1. The van der Waals surface area contributed by atoms with E-state index in [1.54, 1.807) is 0 Å². The van der Waals surface area contributed by atoms with Gasteiger partial charge in [0.05, 0.1) is 0 Å². The number of anilines is 1. The van der Waals surface area contributed by atoms with Gasteiger partial charge in [-0.1, -0.05) is 24.3 Å². The van der Waals surface area contributed by atoms with E-state index in [4.69, 9.17) is 0 Å². The molecule has 6 heteroatoms. The molecule has 1 heterocycles. The molecule has 2 aromatic rings. The van der Waals surface area contributed by atoms with Crippen LogP contribution in [0.1, 0.15) is 22.7 Å². The second-order valence-corrected chi connectivity index (χ2v) is 6.53. The van der Waals surface area contributed by atoms with Crippen molar-refractivity contribution in [2.45, 2.75) is 18.5 Å². The van der Waals surface area contributed by atoms with E-state index in [1.807, 2.05) is 0 Å². The van der Waals surface area contributed by atoms with Gasteiger partial charge in [-0.3, -0.25) is 0 Å². The second-order valence-electron chi connectivity index (χ2n) is 5.67. The summed E-state index contributed by atoms with van der Waals surface area (Å²) in [5.74, 6) is 1.76. The van der Waals surface area contributed by atoms with Crippen LogP contribution in [0.2, 0.25) is 0 Å². The standard InChI is InChI=1S/C15H13F3N2S/c16-15(17,18)12-7-21-14(20-12)19-6-11-10-5-8-3-1-2-4-9(8)13(10)11/h1-4,7,10-11,13H,5-6H2,(H,19,20). The molecule has 3 unspecified atom stereocenters. The van der Waals surface area contributed by atoms with Crippen molar-refractivity contribution in [3.8, 4) is 0 Å². The van der Waals surface area contributed by atoms with Gasteiger partial charge in [-0.05, 0) is 35.3 Å². The number of benzene rings is 1. The number of rotatable bonds is 3. The van der Waals surface area contributed by atoms with Crippen LogP contribution < -0.4 is 5.32 Å². The van der Waals surface area contributed by atoms with E-state index in [9.17, 15) is 13.2 Å². The summed E-state index contributed by atoms with van der Waals surface area (Å²) in [6.07, 6.45) is -3.26. The summed E-state index contributed by atoms with van der Waals surface area (Å²) in [6.45, 7) is 0.703. The molecule has 0 spiro atoms. The quantitative estimate of drug-likeness (QED) is 0.921. The van der Waals surface area contributed by atoms with E-state index >= 15 is 0 Å². The fourth-order valence-corrected chi connectivity index (χ4v) is 4.18. The second kappa shape index (κ2) is 4.47. The van der Waals surface area contributed by atoms with Crippen molar-refractivity contribution in [3.05, 3.63) is 46.5 Å². The Bertz CT molecular complexity index is 680. The maximum Gasteiger partial charge on any atom is 0.434 e. The molecule has 0 saturated heterocycles. The molecule has 2 aliphatic rings. The minimum atomic E-state index is -4.36. The summed E-state index contributed by atoms with van der Waals surface area (Å²) in [4.78, 5) is 3.60. The normalized spacial score (nSPS) is 26.3. The van der Waals surface area contributed by atoms with E-state index < -0.39 is 11.9 Å². The number of halogens is 3. The number of thiazole rings is 1. The monoisotopic (exact) mass is 310 g/mol. The lowest BCUT2D eigenvalue weighted by Crippen LogP contribution is -2.09. The first-order valence-electron chi connectivity index (χ1n) is 6.88. The Labute approximate surface area is 124 Å². The van der Waals surface area contributed by atoms with Crippen LogP contribution in [0.3, 0.4) is 0 Å².